The molecule has 3 N–H and O–H groups in total. The number of carbonyl (C=O) groups is 1. The van der Waals surface area contributed by atoms with Crippen molar-refractivity contribution in [3.63, 3.8) is 0 Å². The number of halogens is 3. The molecule has 0 aliphatic rings. The first kappa shape index (κ1) is 15.9. The summed E-state index contributed by atoms with van der Waals surface area (Å²) in [6, 6.07) is 5.99. The number of amides is 1. The van der Waals surface area contributed by atoms with Crippen LogP contribution in [-0.4, -0.2) is 16.0 Å². The van der Waals surface area contributed by atoms with E-state index < -0.39 is 12.0 Å². The van der Waals surface area contributed by atoms with Crippen LogP contribution in [0.5, 0.6) is 0 Å². The fourth-order valence-corrected chi connectivity index (χ4v) is 2.27. The summed E-state index contributed by atoms with van der Waals surface area (Å²) in [6.45, 7) is 0. The van der Waals surface area contributed by atoms with E-state index in [9.17, 15) is 9.90 Å². The maximum absolute atomic E-state index is 11.9. The number of pyridine rings is 1. The molecule has 110 valence electrons. The molecule has 1 aromatic carbocycles. The zero-order chi connectivity index (χ0) is 15.4. The van der Waals surface area contributed by atoms with E-state index in [4.69, 9.17) is 34.8 Å². The summed E-state index contributed by atoms with van der Waals surface area (Å²) in [5.74, 6) is -0.679. The third kappa shape index (κ3) is 4.22. The Morgan fingerprint density at radius 2 is 1.86 bits per heavy atom. The maximum atomic E-state index is 11.9. The second-order valence-corrected chi connectivity index (χ2v) is 5.36. The second-order valence-electron chi connectivity index (χ2n) is 4.08. The number of nitrogens with one attached hydrogen (secondary N) is 2. The zero-order valence-corrected chi connectivity index (χ0v) is 12.7. The van der Waals surface area contributed by atoms with E-state index in [2.05, 4.69) is 15.8 Å². The molecule has 21 heavy (non-hydrogen) atoms. The van der Waals surface area contributed by atoms with Gasteiger partial charge in [-0.3, -0.25) is 20.6 Å². The lowest BCUT2D eigenvalue weighted by molar-refractivity contribution is -0.129. The molecule has 0 bridgehead atoms. The summed E-state index contributed by atoms with van der Waals surface area (Å²) >= 11 is 17.5. The molecule has 0 saturated heterocycles. The number of aliphatic hydroxyl groups is 1. The summed E-state index contributed by atoms with van der Waals surface area (Å²) in [7, 11) is 0. The smallest absolute Gasteiger partial charge is 0.271 e. The molecule has 1 atom stereocenters. The Hall–Kier alpha value is -1.53. The molecule has 8 heteroatoms. The predicted octanol–water partition coefficient (Wildman–Crippen LogP) is 3.22. The van der Waals surface area contributed by atoms with Crippen molar-refractivity contribution in [2.45, 2.75) is 6.10 Å². The lowest BCUT2D eigenvalue weighted by Crippen LogP contribution is -2.34. The van der Waals surface area contributed by atoms with Gasteiger partial charge < -0.3 is 5.11 Å². The van der Waals surface area contributed by atoms with Crippen molar-refractivity contribution in [2.75, 3.05) is 5.43 Å². The van der Waals surface area contributed by atoms with Crippen molar-refractivity contribution in [2.24, 2.45) is 0 Å². The van der Waals surface area contributed by atoms with E-state index in [0.29, 0.717) is 20.8 Å². The first-order valence-corrected chi connectivity index (χ1v) is 6.90. The van der Waals surface area contributed by atoms with Crippen LogP contribution in [0, 0.1) is 0 Å². The van der Waals surface area contributed by atoms with Crippen molar-refractivity contribution in [1.82, 2.24) is 10.4 Å². The van der Waals surface area contributed by atoms with Gasteiger partial charge in [-0.15, -0.1) is 0 Å². The van der Waals surface area contributed by atoms with Crippen LogP contribution in [0.25, 0.3) is 0 Å². The van der Waals surface area contributed by atoms with Gasteiger partial charge in [0, 0.05) is 22.4 Å². The Bertz CT molecular complexity index is 647. The molecule has 2 aromatic rings. The number of nitrogens with zero attached hydrogens (tertiary/aromatic N) is 1. The van der Waals surface area contributed by atoms with Crippen molar-refractivity contribution in [3.05, 3.63) is 57.3 Å². The second kappa shape index (κ2) is 6.95. The van der Waals surface area contributed by atoms with E-state index in [1.807, 2.05) is 0 Å². The summed E-state index contributed by atoms with van der Waals surface area (Å²) in [4.78, 5) is 15.7. The standard InChI is InChI=1S/C13H10Cl3N3O2/c14-8-3-7(4-9(15)5-8)12(20)13(21)19-18-11-1-2-17-6-10(11)16/h1-6,12,20H,(H,17,18)(H,19,21). The van der Waals surface area contributed by atoms with Gasteiger partial charge in [0.15, 0.2) is 6.10 Å². The van der Waals surface area contributed by atoms with Crippen LogP contribution in [0.2, 0.25) is 15.1 Å². The Labute approximate surface area is 135 Å². The number of aromatic nitrogens is 1. The first-order valence-electron chi connectivity index (χ1n) is 5.77. The van der Waals surface area contributed by atoms with Crippen LogP contribution in [0.15, 0.2) is 36.7 Å². The minimum Gasteiger partial charge on any atom is -0.378 e. The van der Waals surface area contributed by atoms with Crippen molar-refractivity contribution in [3.8, 4) is 0 Å². The molecule has 1 heterocycles. The third-order valence-corrected chi connectivity index (χ3v) is 3.28. The van der Waals surface area contributed by atoms with Gasteiger partial charge in [0.2, 0.25) is 0 Å². The van der Waals surface area contributed by atoms with Gasteiger partial charge in [0.1, 0.15) is 0 Å². The molecule has 1 amide bonds. The minimum atomic E-state index is -1.42. The Kier molecular flexibility index (Phi) is 5.25. The maximum Gasteiger partial charge on any atom is 0.271 e. The van der Waals surface area contributed by atoms with E-state index in [0.717, 1.165) is 0 Å². The highest BCUT2D eigenvalue weighted by Crippen LogP contribution is 2.24. The van der Waals surface area contributed by atoms with Gasteiger partial charge >= 0.3 is 0 Å². The van der Waals surface area contributed by atoms with Crippen LogP contribution < -0.4 is 10.9 Å². The highest BCUT2D eigenvalue weighted by atomic mass is 35.5. The number of hydrogen-bond acceptors (Lipinski definition) is 4. The van der Waals surface area contributed by atoms with Gasteiger partial charge in [0.25, 0.3) is 5.91 Å². The molecule has 0 aliphatic heterocycles. The van der Waals surface area contributed by atoms with E-state index in [1.165, 1.54) is 30.6 Å². The Morgan fingerprint density at radius 3 is 2.48 bits per heavy atom. The van der Waals surface area contributed by atoms with Gasteiger partial charge in [-0.2, -0.15) is 0 Å². The molecule has 0 spiro atoms. The number of aliphatic hydroxyl groups excluding tert-OH is 1. The fourth-order valence-electron chi connectivity index (χ4n) is 1.56. The molecule has 1 aromatic heterocycles. The minimum absolute atomic E-state index is 0.285. The van der Waals surface area contributed by atoms with Crippen LogP contribution in [0.1, 0.15) is 11.7 Å². The molecule has 0 fully saturated rings. The molecule has 5 nitrogen and oxygen atoms in total. The van der Waals surface area contributed by atoms with Crippen molar-refractivity contribution < 1.29 is 9.90 Å². The van der Waals surface area contributed by atoms with Gasteiger partial charge in [-0.25, -0.2) is 0 Å². The fraction of sp³-hybridized carbons (Fsp3) is 0.0769. The van der Waals surface area contributed by atoms with E-state index in [1.54, 1.807) is 6.07 Å². The molecule has 2 rings (SSSR count). The highest BCUT2D eigenvalue weighted by Gasteiger charge is 2.18. The molecule has 0 aliphatic carbocycles. The summed E-state index contributed by atoms with van der Waals surface area (Å²) in [5, 5.41) is 11.0. The first-order chi connectivity index (χ1) is 9.97. The number of benzene rings is 1. The predicted molar refractivity (Wildman–Crippen MR) is 82.4 cm³/mol. The van der Waals surface area contributed by atoms with E-state index >= 15 is 0 Å². The largest absolute Gasteiger partial charge is 0.378 e. The number of rotatable bonds is 4. The highest BCUT2D eigenvalue weighted by molar-refractivity contribution is 6.34. The lowest BCUT2D eigenvalue weighted by Gasteiger charge is -2.14. The lowest BCUT2D eigenvalue weighted by atomic mass is 10.1. The van der Waals surface area contributed by atoms with E-state index in [-0.39, 0.29) is 5.56 Å². The van der Waals surface area contributed by atoms with Crippen LogP contribution in [0.4, 0.5) is 5.69 Å². The number of hydrazine groups is 1. The van der Waals surface area contributed by atoms with Crippen LogP contribution >= 0.6 is 34.8 Å². The molecule has 0 radical (unpaired) electrons. The Morgan fingerprint density at radius 1 is 1.19 bits per heavy atom. The van der Waals surface area contributed by atoms with Crippen molar-refractivity contribution in [1.29, 1.82) is 0 Å². The zero-order valence-electron chi connectivity index (χ0n) is 10.5. The van der Waals surface area contributed by atoms with Crippen LogP contribution in [-0.2, 0) is 4.79 Å². The summed E-state index contributed by atoms with van der Waals surface area (Å²) in [5.41, 5.74) is 5.67. The van der Waals surface area contributed by atoms with Crippen LogP contribution in [0.3, 0.4) is 0 Å². The molecular weight excluding hydrogens is 337 g/mol. The SMILES string of the molecule is O=C(NNc1ccncc1Cl)C(O)c1cc(Cl)cc(Cl)c1. The average Bonchev–Trinajstić information content (AvgIpc) is 2.44. The molecular formula is C13H10Cl3N3O2. The van der Waals surface area contributed by atoms with Gasteiger partial charge in [-0.05, 0) is 29.8 Å². The van der Waals surface area contributed by atoms with Gasteiger partial charge in [-0.1, -0.05) is 34.8 Å². The third-order valence-electron chi connectivity index (χ3n) is 2.54. The Balaban J connectivity index is 2.04. The van der Waals surface area contributed by atoms with Crippen molar-refractivity contribution >= 4 is 46.4 Å². The molecule has 1 unspecified atom stereocenters. The summed E-state index contributed by atoms with van der Waals surface area (Å²) in [6.07, 6.45) is 1.51. The average molecular weight is 347 g/mol. The summed E-state index contributed by atoms with van der Waals surface area (Å²) < 4.78 is 0. The van der Waals surface area contributed by atoms with Gasteiger partial charge in [0.05, 0.1) is 10.7 Å². The number of carbonyl (C=O) groups excluding carboxylic acids is 1. The molecule has 0 saturated carbocycles. The number of anilines is 1. The monoisotopic (exact) mass is 345 g/mol. The normalized spacial score (nSPS) is 11.8. The quantitative estimate of drug-likeness (QED) is 0.743. The number of hydrogen-bond donors (Lipinski definition) is 3. The topological polar surface area (TPSA) is 74.2 Å².